The third-order valence-corrected chi connectivity index (χ3v) is 2.70. The van der Waals surface area contributed by atoms with Crippen LogP contribution in [-0.4, -0.2) is 39.9 Å². The maximum atomic E-state index is 10.8. The first-order chi connectivity index (χ1) is 10.1. The Morgan fingerprint density at radius 3 is 2.71 bits per heavy atom. The second-order valence-electron chi connectivity index (χ2n) is 4.03. The first kappa shape index (κ1) is 17.5. The third kappa shape index (κ3) is 6.17. The van der Waals surface area contributed by atoms with Crippen molar-refractivity contribution in [1.29, 1.82) is 0 Å². The summed E-state index contributed by atoms with van der Waals surface area (Å²) in [5, 5.41) is 0.323. The van der Waals surface area contributed by atoms with Crippen LogP contribution in [0.1, 0.15) is 5.56 Å². The zero-order chi connectivity index (χ0) is 15.7. The number of carbonyl (C=O) groups is 1. The van der Waals surface area contributed by atoms with Gasteiger partial charge in [-0.05, 0) is 17.7 Å². The van der Waals surface area contributed by atoms with Crippen LogP contribution in [0.4, 0.5) is 0 Å². The number of halogens is 1. The molecule has 7 nitrogen and oxygen atoms in total. The number of ether oxygens (including phenoxy) is 3. The van der Waals surface area contributed by atoms with E-state index in [4.69, 9.17) is 36.4 Å². The lowest BCUT2D eigenvalue weighted by Crippen LogP contribution is -2.20. The van der Waals surface area contributed by atoms with E-state index in [1.807, 2.05) is 0 Å². The number of hydroxylamine groups is 1. The molecule has 0 saturated carbocycles. The second kappa shape index (κ2) is 9.41. The number of nitrogens with two attached hydrogens (primary N) is 1. The lowest BCUT2D eigenvalue weighted by atomic mass is 10.2. The zero-order valence-electron chi connectivity index (χ0n) is 12.0. The minimum Gasteiger partial charge on any atom is -0.493 e. The second-order valence-corrected chi connectivity index (χ2v) is 4.43. The molecule has 0 aliphatic carbocycles. The maximum Gasteiger partial charge on any atom is 0.255 e. The highest BCUT2D eigenvalue weighted by Crippen LogP contribution is 2.36. The van der Waals surface area contributed by atoms with Crippen molar-refractivity contribution in [3.05, 3.63) is 22.7 Å². The van der Waals surface area contributed by atoms with E-state index in [-0.39, 0.29) is 12.4 Å². The van der Waals surface area contributed by atoms with Gasteiger partial charge in [0.25, 0.3) is 5.91 Å². The molecule has 0 atom stereocenters. The molecule has 1 amide bonds. The molecule has 0 spiro atoms. The maximum absolute atomic E-state index is 10.8. The van der Waals surface area contributed by atoms with Crippen LogP contribution in [0.5, 0.6) is 11.5 Å². The number of rotatable bonds is 10. The Morgan fingerprint density at radius 2 is 2.10 bits per heavy atom. The molecule has 21 heavy (non-hydrogen) atoms. The highest BCUT2D eigenvalue weighted by Gasteiger charge is 2.13. The first-order valence-electron chi connectivity index (χ1n) is 6.19. The van der Waals surface area contributed by atoms with E-state index in [2.05, 4.69) is 5.48 Å². The summed E-state index contributed by atoms with van der Waals surface area (Å²) < 4.78 is 15.3. The zero-order valence-corrected chi connectivity index (χ0v) is 12.7. The summed E-state index contributed by atoms with van der Waals surface area (Å²) >= 11 is 6.11. The largest absolute Gasteiger partial charge is 0.493 e. The van der Waals surface area contributed by atoms with Gasteiger partial charge in [0.2, 0.25) is 0 Å². The van der Waals surface area contributed by atoms with Gasteiger partial charge >= 0.3 is 0 Å². The highest BCUT2D eigenvalue weighted by molar-refractivity contribution is 6.32. The fourth-order valence-corrected chi connectivity index (χ4v) is 1.78. The summed E-state index contributed by atoms with van der Waals surface area (Å²) in [6.07, 6.45) is 0. The summed E-state index contributed by atoms with van der Waals surface area (Å²) in [6.45, 7) is 1.09. The van der Waals surface area contributed by atoms with Crippen LogP contribution in [-0.2, 0) is 20.9 Å². The fraction of sp³-hybridized carbons (Fsp3) is 0.462. The van der Waals surface area contributed by atoms with Crippen molar-refractivity contribution in [2.75, 3.05) is 34.0 Å². The predicted octanol–water partition coefficient (Wildman–Crippen LogP) is 0.880. The standard InChI is InChI=1S/C13H19ClN2O5/c1-18-3-4-21-16-7-9-5-10(14)13(11(6-9)19-2)20-8-12(15)17/h5-6,16H,3-4,7-8H2,1-2H3,(H2,15,17). The van der Waals surface area contributed by atoms with Crippen molar-refractivity contribution in [3.63, 3.8) is 0 Å². The Bertz CT molecular complexity index is 470. The molecule has 0 unspecified atom stereocenters. The van der Waals surface area contributed by atoms with Crippen molar-refractivity contribution >= 4 is 17.5 Å². The van der Waals surface area contributed by atoms with E-state index in [1.165, 1.54) is 7.11 Å². The summed E-state index contributed by atoms with van der Waals surface area (Å²) in [5.74, 6) is 0.102. The number of methoxy groups -OCH3 is 2. The van der Waals surface area contributed by atoms with E-state index in [1.54, 1.807) is 19.2 Å². The van der Waals surface area contributed by atoms with E-state index in [0.29, 0.717) is 30.5 Å². The van der Waals surface area contributed by atoms with E-state index >= 15 is 0 Å². The van der Waals surface area contributed by atoms with Gasteiger partial charge in [0, 0.05) is 13.7 Å². The van der Waals surface area contributed by atoms with Gasteiger partial charge in [-0.1, -0.05) is 11.6 Å². The molecule has 3 N–H and O–H groups in total. The molecule has 0 radical (unpaired) electrons. The number of hydrogen-bond donors (Lipinski definition) is 2. The fourth-order valence-electron chi connectivity index (χ4n) is 1.49. The van der Waals surface area contributed by atoms with Crippen LogP contribution in [0.2, 0.25) is 5.02 Å². The van der Waals surface area contributed by atoms with Gasteiger partial charge < -0.3 is 19.9 Å². The van der Waals surface area contributed by atoms with E-state index in [0.717, 1.165) is 5.56 Å². The van der Waals surface area contributed by atoms with Crippen LogP contribution in [0.15, 0.2) is 12.1 Å². The van der Waals surface area contributed by atoms with Crippen LogP contribution in [0.3, 0.4) is 0 Å². The van der Waals surface area contributed by atoms with Crippen molar-refractivity contribution in [2.45, 2.75) is 6.54 Å². The van der Waals surface area contributed by atoms with E-state index in [9.17, 15) is 4.79 Å². The Kier molecular flexibility index (Phi) is 7.84. The van der Waals surface area contributed by atoms with Crippen molar-refractivity contribution in [2.24, 2.45) is 5.73 Å². The average molecular weight is 319 g/mol. The summed E-state index contributed by atoms with van der Waals surface area (Å²) in [6, 6.07) is 3.42. The molecule has 0 heterocycles. The molecule has 0 fully saturated rings. The molecule has 8 heteroatoms. The molecule has 1 rings (SSSR count). The van der Waals surface area contributed by atoms with Gasteiger partial charge in [0.15, 0.2) is 18.1 Å². The quantitative estimate of drug-likeness (QED) is 0.491. The Hall–Kier alpha value is -1.54. The van der Waals surface area contributed by atoms with Crippen LogP contribution >= 0.6 is 11.6 Å². The third-order valence-electron chi connectivity index (χ3n) is 2.42. The highest BCUT2D eigenvalue weighted by atomic mass is 35.5. The summed E-state index contributed by atoms with van der Waals surface area (Å²) in [5.41, 5.74) is 8.64. The monoisotopic (exact) mass is 318 g/mol. The first-order valence-corrected chi connectivity index (χ1v) is 6.57. The lowest BCUT2D eigenvalue weighted by Gasteiger charge is -2.13. The number of primary amides is 1. The SMILES string of the molecule is COCCONCc1cc(Cl)c(OCC(N)=O)c(OC)c1. The molecule has 1 aromatic rings. The number of benzene rings is 1. The van der Waals surface area contributed by atoms with Crippen LogP contribution < -0.4 is 20.7 Å². The molecular formula is C13H19ClN2O5. The number of nitrogens with one attached hydrogen (secondary N) is 1. The molecule has 0 aliphatic rings. The Morgan fingerprint density at radius 1 is 1.33 bits per heavy atom. The van der Waals surface area contributed by atoms with Crippen molar-refractivity contribution < 1.29 is 23.8 Å². The van der Waals surface area contributed by atoms with Crippen LogP contribution in [0, 0.1) is 0 Å². The Labute approximate surface area is 128 Å². The smallest absolute Gasteiger partial charge is 0.255 e. The molecule has 0 aliphatic heterocycles. The lowest BCUT2D eigenvalue weighted by molar-refractivity contribution is -0.119. The molecule has 0 bridgehead atoms. The van der Waals surface area contributed by atoms with Gasteiger partial charge in [-0.15, -0.1) is 0 Å². The van der Waals surface area contributed by atoms with E-state index < -0.39 is 5.91 Å². The predicted molar refractivity (Wildman–Crippen MR) is 77.4 cm³/mol. The molecule has 0 aromatic heterocycles. The van der Waals surface area contributed by atoms with Gasteiger partial charge in [0.1, 0.15) is 0 Å². The van der Waals surface area contributed by atoms with Crippen LogP contribution in [0.25, 0.3) is 0 Å². The summed E-state index contributed by atoms with van der Waals surface area (Å²) in [4.78, 5) is 15.9. The minimum absolute atomic E-state index is 0.270. The normalized spacial score (nSPS) is 10.4. The average Bonchev–Trinajstić information content (AvgIpc) is 2.45. The number of hydrogen-bond acceptors (Lipinski definition) is 6. The van der Waals surface area contributed by atoms with Crippen molar-refractivity contribution in [3.8, 4) is 11.5 Å². The molecule has 1 aromatic carbocycles. The molecule has 0 saturated heterocycles. The summed E-state index contributed by atoms with van der Waals surface area (Å²) in [7, 11) is 3.08. The van der Waals surface area contributed by atoms with Gasteiger partial charge in [-0.25, -0.2) is 0 Å². The number of carbonyl (C=O) groups excluding carboxylic acids is 1. The molecule has 118 valence electrons. The van der Waals surface area contributed by atoms with Gasteiger partial charge in [-0.2, -0.15) is 5.48 Å². The Balaban J connectivity index is 2.67. The topological polar surface area (TPSA) is 92.0 Å². The van der Waals surface area contributed by atoms with Gasteiger partial charge in [-0.3, -0.25) is 9.63 Å². The van der Waals surface area contributed by atoms with Gasteiger partial charge in [0.05, 0.1) is 25.3 Å². The molecular weight excluding hydrogens is 300 g/mol. The van der Waals surface area contributed by atoms with Crippen molar-refractivity contribution in [1.82, 2.24) is 5.48 Å². The number of amides is 1. The minimum atomic E-state index is -0.592.